The maximum absolute atomic E-state index is 9.98. The molecule has 0 aliphatic carbocycles. The van der Waals surface area contributed by atoms with Gasteiger partial charge in [-0.3, -0.25) is 0 Å². The molecule has 0 saturated carbocycles. The van der Waals surface area contributed by atoms with Crippen LogP contribution in [0.5, 0.6) is 11.5 Å². The van der Waals surface area contributed by atoms with E-state index in [9.17, 15) is 4.79 Å². The number of rotatable bonds is 2. The van der Waals surface area contributed by atoms with Crippen LogP contribution >= 0.6 is 0 Å². The zero-order valence-corrected chi connectivity index (χ0v) is 7.74. The van der Waals surface area contributed by atoms with Gasteiger partial charge in [0.25, 0.3) is 0 Å². The Morgan fingerprint density at radius 2 is 2.21 bits per heavy atom. The first-order chi connectivity index (χ1) is 6.83. The molecule has 0 saturated heterocycles. The number of isocyanates is 1. The summed E-state index contributed by atoms with van der Waals surface area (Å²) in [6.45, 7) is 2.47. The second kappa shape index (κ2) is 3.52. The molecule has 0 unspecified atom stereocenters. The minimum atomic E-state index is 0.234. The second-order valence-electron chi connectivity index (χ2n) is 3.01. The van der Waals surface area contributed by atoms with Gasteiger partial charge in [-0.05, 0) is 12.5 Å². The fraction of sp³-hybridized carbons (Fsp3) is 0.300. The van der Waals surface area contributed by atoms with Crippen LogP contribution in [0.25, 0.3) is 0 Å². The van der Waals surface area contributed by atoms with E-state index >= 15 is 0 Å². The van der Waals surface area contributed by atoms with E-state index in [1.165, 1.54) is 6.08 Å². The molecule has 0 amide bonds. The van der Waals surface area contributed by atoms with Gasteiger partial charge >= 0.3 is 0 Å². The number of ether oxygens (including phenoxy) is 2. The molecule has 1 heterocycles. The molecular weight excluding hydrogens is 182 g/mol. The van der Waals surface area contributed by atoms with Crippen molar-refractivity contribution in [1.82, 2.24) is 0 Å². The van der Waals surface area contributed by atoms with Crippen LogP contribution in [0.1, 0.15) is 11.1 Å². The van der Waals surface area contributed by atoms with Gasteiger partial charge < -0.3 is 9.47 Å². The topological polar surface area (TPSA) is 47.9 Å². The van der Waals surface area contributed by atoms with Crippen molar-refractivity contribution in [2.45, 2.75) is 13.5 Å². The maximum Gasteiger partial charge on any atom is 0.235 e. The zero-order chi connectivity index (χ0) is 9.97. The van der Waals surface area contributed by atoms with Crippen molar-refractivity contribution in [1.29, 1.82) is 0 Å². The Labute approximate surface area is 81.2 Å². The van der Waals surface area contributed by atoms with Crippen LogP contribution in [0.15, 0.2) is 17.1 Å². The monoisotopic (exact) mass is 191 g/mol. The summed E-state index contributed by atoms with van der Waals surface area (Å²) in [6.07, 6.45) is 1.50. The molecule has 4 nitrogen and oxygen atoms in total. The van der Waals surface area contributed by atoms with Gasteiger partial charge in [0, 0.05) is 5.56 Å². The van der Waals surface area contributed by atoms with E-state index in [1.54, 1.807) is 0 Å². The minimum Gasteiger partial charge on any atom is -0.453 e. The van der Waals surface area contributed by atoms with Crippen LogP contribution in [0, 0.1) is 6.92 Å². The van der Waals surface area contributed by atoms with Crippen molar-refractivity contribution in [2.75, 3.05) is 6.79 Å². The van der Waals surface area contributed by atoms with Gasteiger partial charge in [-0.25, -0.2) is 9.79 Å². The molecule has 0 atom stereocenters. The average molecular weight is 191 g/mol. The minimum absolute atomic E-state index is 0.234. The van der Waals surface area contributed by atoms with Crippen LogP contribution in [-0.4, -0.2) is 12.9 Å². The molecule has 14 heavy (non-hydrogen) atoms. The Morgan fingerprint density at radius 1 is 1.43 bits per heavy atom. The highest BCUT2D eigenvalue weighted by molar-refractivity contribution is 5.53. The predicted octanol–water partition coefficient (Wildman–Crippen LogP) is 1.56. The van der Waals surface area contributed by atoms with Crippen molar-refractivity contribution in [3.05, 3.63) is 23.3 Å². The number of nitrogens with zero attached hydrogens (tertiary/aromatic N) is 1. The summed E-state index contributed by atoms with van der Waals surface area (Å²) in [5.74, 6) is 1.45. The lowest BCUT2D eigenvalue weighted by atomic mass is 10.1. The Bertz CT molecular complexity index is 408. The van der Waals surface area contributed by atoms with E-state index < -0.39 is 0 Å². The molecule has 1 aliphatic rings. The summed E-state index contributed by atoms with van der Waals surface area (Å²) < 4.78 is 10.6. The van der Waals surface area contributed by atoms with E-state index in [0.717, 1.165) is 16.9 Å². The number of benzene rings is 1. The zero-order valence-electron chi connectivity index (χ0n) is 7.74. The van der Waals surface area contributed by atoms with Gasteiger partial charge in [0.2, 0.25) is 12.9 Å². The van der Waals surface area contributed by atoms with Crippen LogP contribution < -0.4 is 9.47 Å². The van der Waals surface area contributed by atoms with Crippen molar-refractivity contribution in [3.8, 4) is 11.5 Å². The lowest BCUT2D eigenvalue weighted by Crippen LogP contribution is -1.94. The quantitative estimate of drug-likeness (QED) is 0.526. The Morgan fingerprint density at radius 3 is 3.00 bits per heavy atom. The van der Waals surface area contributed by atoms with Gasteiger partial charge in [0.05, 0.1) is 6.54 Å². The van der Waals surface area contributed by atoms with Gasteiger partial charge in [0.1, 0.15) is 0 Å². The van der Waals surface area contributed by atoms with Crippen LogP contribution in [0.2, 0.25) is 0 Å². The van der Waals surface area contributed by atoms with Gasteiger partial charge in [0.15, 0.2) is 11.5 Å². The number of fused-ring (bicyclic) bond motifs is 1. The van der Waals surface area contributed by atoms with Crippen molar-refractivity contribution < 1.29 is 14.3 Å². The molecule has 2 rings (SSSR count). The van der Waals surface area contributed by atoms with E-state index in [-0.39, 0.29) is 13.3 Å². The number of hydrogen-bond donors (Lipinski definition) is 0. The Balaban J connectivity index is 2.42. The van der Waals surface area contributed by atoms with E-state index in [0.29, 0.717) is 5.75 Å². The Kier molecular flexibility index (Phi) is 2.21. The number of aliphatic imine (C=N–C) groups is 1. The lowest BCUT2D eigenvalue weighted by molar-refractivity contribution is 0.173. The third-order valence-electron chi connectivity index (χ3n) is 2.11. The standard InChI is InChI=1S/C10H9NO3/c1-7-2-3-8(4-11-5-12)10-9(7)13-6-14-10/h2-3H,4,6H2,1H3. The fourth-order valence-corrected chi connectivity index (χ4v) is 1.43. The third-order valence-corrected chi connectivity index (χ3v) is 2.11. The summed E-state index contributed by atoms with van der Waals surface area (Å²) in [5, 5.41) is 0. The SMILES string of the molecule is Cc1ccc(CN=C=O)c2c1OCO2. The first-order valence-electron chi connectivity index (χ1n) is 4.24. The smallest absolute Gasteiger partial charge is 0.235 e. The molecular formula is C10H9NO3. The molecule has 1 aromatic carbocycles. The summed E-state index contributed by atoms with van der Waals surface area (Å²) in [5.41, 5.74) is 1.88. The van der Waals surface area contributed by atoms with Crippen molar-refractivity contribution >= 4 is 6.08 Å². The second-order valence-corrected chi connectivity index (χ2v) is 3.01. The predicted molar refractivity (Wildman–Crippen MR) is 49.1 cm³/mol. The van der Waals surface area contributed by atoms with Crippen molar-refractivity contribution in [3.63, 3.8) is 0 Å². The molecule has 0 bridgehead atoms. The molecule has 1 aliphatic heterocycles. The lowest BCUT2D eigenvalue weighted by Gasteiger charge is -2.04. The van der Waals surface area contributed by atoms with Crippen molar-refractivity contribution in [2.24, 2.45) is 4.99 Å². The van der Waals surface area contributed by atoms with Gasteiger partial charge in [-0.1, -0.05) is 12.1 Å². The van der Waals surface area contributed by atoms with E-state index in [1.807, 2.05) is 19.1 Å². The molecule has 1 aromatic rings. The van der Waals surface area contributed by atoms with E-state index in [4.69, 9.17) is 9.47 Å². The molecule has 4 heteroatoms. The number of hydrogen-bond acceptors (Lipinski definition) is 4. The fourth-order valence-electron chi connectivity index (χ4n) is 1.43. The molecule has 0 spiro atoms. The number of aryl methyl sites for hydroxylation is 1. The van der Waals surface area contributed by atoms with Gasteiger partial charge in [-0.2, -0.15) is 0 Å². The van der Waals surface area contributed by atoms with Crippen LogP contribution in [0.4, 0.5) is 0 Å². The highest BCUT2D eigenvalue weighted by Crippen LogP contribution is 2.38. The summed E-state index contributed by atoms with van der Waals surface area (Å²) in [7, 11) is 0. The maximum atomic E-state index is 9.98. The molecule has 0 fully saturated rings. The highest BCUT2D eigenvalue weighted by atomic mass is 16.7. The molecule has 0 aromatic heterocycles. The Hall–Kier alpha value is -1.80. The normalized spacial score (nSPS) is 12.4. The van der Waals surface area contributed by atoms with Crippen LogP contribution in [-0.2, 0) is 11.3 Å². The summed E-state index contributed by atoms with van der Waals surface area (Å²) in [6, 6.07) is 3.80. The van der Waals surface area contributed by atoms with Crippen LogP contribution in [0.3, 0.4) is 0 Å². The average Bonchev–Trinajstić information content (AvgIpc) is 2.66. The summed E-state index contributed by atoms with van der Waals surface area (Å²) in [4.78, 5) is 13.5. The molecule has 0 N–H and O–H groups in total. The summed E-state index contributed by atoms with van der Waals surface area (Å²) >= 11 is 0. The van der Waals surface area contributed by atoms with E-state index in [2.05, 4.69) is 4.99 Å². The first kappa shape index (κ1) is 8.78. The third kappa shape index (κ3) is 1.36. The largest absolute Gasteiger partial charge is 0.453 e. The van der Waals surface area contributed by atoms with Gasteiger partial charge in [-0.15, -0.1) is 0 Å². The molecule has 72 valence electrons. The highest BCUT2D eigenvalue weighted by Gasteiger charge is 2.19. The molecule has 0 radical (unpaired) electrons. The number of carbonyl (C=O) groups excluding carboxylic acids is 1. The first-order valence-corrected chi connectivity index (χ1v) is 4.24.